The van der Waals surface area contributed by atoms with Gasteiger partial charge in [0.05, 0.1) is 36.5 Å². The van der Waals surface area contributed by atoms with Gasteiger partial charge >= 0.3 is 13.1 Å². The summed E-state index contributed by atoms with van der Waals surface area (Å²) in [6.45, 7) is 14.1. The Labute approximate surface area is 242 Å². The van der Waals surface area contributed by atoms with Crippen LogP contribution in [0.25, 0.3) is 22.4 Å². The number of aromatic nitrogens is 5. The molecule has 4 heterocycles. The van der Waals surface area contributed by atoms with Gasteiger partial charge < -0.3 is 29.5 Å². The number of carbonyl (C=O) groups is 1. The SMILES string of the molecule is CC.CN.COC(=O)Cn1cc(B2OC(C)(C)C(C)(C)O2)cn1.COc1ccc2nc(-c3cncc(C)c3)[nH]c2c1. The molecule has 0 saturated carbocycles. The van der Waals surface area contributed by atoms with Crippen molar-refractivity contribution in [3.8, 4) is 17.1 Å². The van der Waals surface area contributed by atoms with Crippen LogP contribution in [-0.4, -0.2) is 70.3 Å². The number of pyridine rings is 1. The fourth-order valence-corrected chi connectivity index (χ4v) is 3.70. The van der Waals surface area contributed by atoms with Crippen LogP contribution in [0.3, 0.4) is 0 Å². The Morgan fingerprint density at radius 1 is 1.05 bits per heavy atom. The largest absolute Gasteiger partial charge is 0.498 e. The minimum absolute atomic E-state index is 0.0794. The lowest BCUT2D eigenvalue weighted by atomic mass is 9.82. The second kappa shape index (κ2) is 14.8. The van der Waals surface area contributed by atoms with Crippen LogP contribution in [0.2, 0.25) is 0 Å². The van der Waals surface area contributed by atoms with E-state index in [1.165, 1.54) is 18.8 Å². The molecular weight excluding hydrogens is 523 g/mol. The molecule has 4 aromatic rings. The summed E-state index contributed by atoms with van der Waals surface area (Å²) in [5.74, 6) is 1.30. The van der Waals surface area contributed by atoms with E-state index in [-0.39, 0.29) is 23.7 Å². The number of fused-ring (bicyclic) bond motifs is 1. The van der Waals surface area contributed by atoms with Crippen LogP contribution >= 0.6 is 0 Å². The maximum Gasteiger partial charge on any atom is 0.498 e. The third-order valence-corrected chi connectivity index (χ3v) is 6.53. The minimum Gasteiger partial charge on any atom is -0.497 e. The first kappa shape index (κ1) is 33.5. The molecule has 0 aliphatic carbocycles. The molecule has 0 radical (unpaired) electrons. The van der Waals surface area contributed by atoms with Crippen LogP contribution in [0.4, 0.5) is 0 Å². The number of H-pyrrole nitrogens is 1. The van der Waals surface area contributed by atoms with Gasteiger partial charge in [0.1, 0.15) is 18.1 Å². The lowest BCUT2D eigenvalue weighted by Gasteiger charge is -2.32. The molecule has 3 aromatic heterocycles. The average Bonchev–Trinajstić information content (AvgIpc) is 3.66. The van der Waals surface area contributed by atoms with E-state index < -0.39 is 7.12 Å². The Balaban J connectivity index is 0.000000256. The van der Waals surface area contributed by atoms with Crippen LogP contribution in [0.1, 0.15) is 47.1 Å². The van der Waals surface area contributed by atoms with Crippen molar-refractivity contribution < 1.29 is 23.6 Å². The van der Waals surface area contributed by atoms with Gasteiger partial charge in [0.2, 0.25) is 0 Å². The van der Waals surface area contributed by atoms with Crippen molar-refractivity contribution >= 4 is 29.6 Å². The highest BCUT2D eigenvalue weighted by Gasteiger charge is 2.52. The van der Waals surface area contributed by atoms with E-state index in [9.17, 15) is 4.79 Å². The summed E-state index contributed by atoms with van der Waals surface area (Å²) in [7, 11) is 4.04. The molecule has 1 saturated heterocycles. The van der Waals surface area contributed by atoms with Gasteiger partial charge in [0.15, 0.2) is 0 Å². The number of aryl methyl sites for hydroxylation is 1. The summed E-state index contributed by atoms with van der Waals surface area (Å²) >= 11 is 0. The molecule has 1 aromatic carbocycles. The Kier molecular flexibility index (Phi) is 12.1. The van der Waals surface area contributed by atoms with Gasteiger partial charge in [0.25, 0.3) is 0 Å². The molecular formula is C29H43BN6O5. The predicted octanol–water partition coefficient (Wildman–Crippen LogP) is 3.90. The van der Waals surface area contributed by atoms with Gasteiger partial charge in [-0.05, 0) is 65.4 Å². The second-order valence-electron chi connectivity index (χ2n) is 9.86. The van der Waals surface area contributed by atoms with E-state index >= 15 is 0 Å². The van der Waals surface area contributed by atoms with Gasteiger partial charge in [0, 0.05) is 41.9 Å². The number of hydrogen-bond acceptors (Lipinski definition) is 9. The maximum atomic E-state index is 11.2. The maximum absolute atomic E-state index is 11.2. The zero-order valence-electron chi connectivity index (χ0n) is 25.8. The molecule has 12 heteroatoms. The van der Waals surface area contributed by atoms with Crippen LogP contribution in [0.15, 0.2) is 49.1 Å². The number of methoxy groups -OCH3 is 2. The number of esters is 1. The third-order valence-electron chi connectivity index (χ3n) is 6.53. The molecule has 0 spiro atoms. The molecule has 3 N–H and O–H groups in total. The Bertz CT molecular complexity index is 1390. The van der Waals surface area contributed by atoms with Crippen molar-refractivity contribution in [2.75, 3.05) is 21.3 Å². The highest BCUT2D eigenvalue weighted by atomic mass is 16.7. The number of rotatable bonds is 5. The molecule has 1 fully saturated rings. The lowest BCUT2D eigenvalue weighted by Crippen LogP contribution is -2.41. The summed E-state index contributed by atoms with van der Waals surface area (Å²) in [4.78, 5) is 23.2. The van der Waals surface area contributed by atoms with Crippen molar-refractivity contribution in [1.29, 1.82) is 0 Å². The quantitative estimate of drug-likeness (QED) is 0.272. The number of nitrogens with two attached hydrogens (primary N) is 1. The summed E-state index contributed by atoms with van der Waals surface area (Å²) < 4.78 is 23.1. The summed E-state index contributed by atoms with van der Waals surface area (Å²) in [6.07, 6.45) is 7.02. The number of carbonyl (C=O) groups excluding carboxylic acids is 1. The van der Waals surface area contributed by atoms with E-state index in [0.717, 1.165) is 39.2 Å². The molecule has 0 amide bonds. The second-order valence-corrected chi connectivity index (χ2v) is 9.86. The Morgan fingerprint density at radius 3 is 2.29 bits per heavy atom. The number of nitrogens with one attached hydrogen (secondary N) is 1. The summed E-state index contributed by atoms with van der Waals surface area (Å²) in [5, 5.41) is 4.10. The van der Waals surface area contributed by atoms with E-state index in [2.05, 4.69) is 36.6 Å². The summed E-state index contributed by atoms with van der Waals surface area (Å²) in [5.41, 5.74) is 8.51. The number of ether oxygens (including phenoxy) is 2. The van der Waals surface area contributed by atoms with Crippen LogP contribution in [-0.2, 0) is 25.4 Å². The van der Waals surface area contributed by atoms with Gasteiger partial charge in [-0.25, -0.2) is 4.98 Å². The summed E-state index contributed by atoms with van der Waals surface area (Å²) in [6, 6.07) is 7.84. The van der Waals surface area contributed by atoms with E-state index in [1.807, 2.05) is 79.1 Å². The molecule has 5 rings (SSSR count). The smallest absolute Gasteiger partial charge is 0.497 e. The van der Waals surface area contributed by atoms with Crippen molar-refractivity contribution in [3.05, 3.63) is 54.6 Å². The lowest BCUT2D eigenvalue weighted by molar-refractivity contribution is -0.141. The zero-order chi connectivity index (χ0) is 30.8. The first-order valence-corrected chi connectivity index (χ1v) is 13.5. The number of aromatic amines is 1. The monoisotopic (exact) mass is 566 g/mol. The Morgan fingerprint density at radius 2 is 1.71 bits per heavy atom. The first-order chi connectivity index (χ1) is 19.5. The number of benzene rings is 1. The average molecular weight is 567 g/mol. The molecule has 0 unspecified atom stereocenters. The number of hydrogen-bond donors (Lipinski definition) is 2. The molecule has 11 nitrogen and oxygen atoms in total. The first-order valence-electron chi connectivity index (χ1n) is 13.5. The molecule has 1 aliphatic rings. The van der Waals surface area contributed by atoms with Gasteiger partial charge in [-0.1, -0.05) is 13.8 Å². The molecule has 222 valence electrons. The van der Waals surface area contributed by atoms with Crippen molar-refractivity contribution in [1.82, 2.24) is 24.7 Å². The topological polar surface area (TPSA) is 139 Å². The fraction of sp³-hybridized carbons (Fsp3) is 0.448. The number of imidazole rings is 1. The predicted molar refractivity (Wildman–Crippen MR) is 162 cm³/mol. The highest BCUT2D eigenvalue weighted by molar-refractivity contribution is 6.62. The Hall–Kier alpha value is -3.74. The normalized spacial score (nSPS) is 14.6. The highest BCUT2D eigenvalue weighted by Crippen LogP contribution is 2.36. The molecule has 0 bridgehead atoms. The van der Waals surface area contributed by atoms with Crippen molar-refractivity contribution in [2.24, 2.45) is 5.73 Å². The molecule has 0 atom stereocenters. The zero-order valence-corrected chi connectivity index (χ0v) is 25.8. The van der Waals surface area contributed by atoms with E-state index in [4.69, 9.17) is 14.0 Å². The minimum atomic E-state index is -0.462. The molecule has 1 aliphatic heterocycles. The van der Waals surface area contributed by atoms with Gasteiger partial charge in [-0.3, -0.25) is 14.5 Å². The fourth-order valence-electron chi connectivity index (χ4n) is 3.70. The van der Waals surface area contributed by atoms with E-state index in [0.29, 0.717) is 0 Å². The van der Waals surface area contributed by atoms with Crippen LogP contribution < -0.4 is 15.9 Å². The standard InChI is InChI=1S/C14H13N3O.C12H19BN2O4.C2H6.CH5N/c1-9-5-10(8-15-7-9)14-16-12-4-3-11(18-2)6-13(12)17-14;1-11(2)12(3,4)19-13(18-11)9-6-14-15(7-9)8-10(16)17-5;2*1-2/h3-8H,1-2H3,(H,16,17);6-7H,8H2,1-5H3;1-2H3;2H2,1H3. The van der Waals surface area contributed by atoms with Crippen LogP contribution in [0.5, 0.6) is 5.75 Å². The third kappa shape index (κ3) is 8.38. The van der Waals surface area contributed by atoms with Gasteiger partial charge in [-0.2, -0.15) is 5.10 Å². The van der Waals surface area contributed by atoms with Crippen LogP contribution in [0, 0.1) is 6.92 Å². The molecule has 41 heavy (non-hydrogen) atoms. The van der Waals surface area contributed by atoms with Gasteiger partial charge in [-0.15, -0.1) is 0 Å². The van der Waals surface area contributed by atoms with E-state index in [1.54, 1.807) is 19.5 Å². The van der Waals surface area contributed by atoms with Crippen molar-refractivity contribution in [2.45, 2.75) is 66.2 Å². The number of nitrogens with zero attached hydrogens (tertiary/aromatic N) is 4. The van der Waals surface area contributed by atoms with Crippen molar-refractivity contribution in [3.63, 3.8) is 0 Å².